The minimum Gasteiger partial charge on any atom is -0.492 e. The lowest BCUT2D eigenvalue weighted by Crippen LogP contribution is -2.21. The number of nitriles is 1. The van der Waals surface area contributed by atoms with Crippen LogP contribution in [-0.4, -0.2) is 31.5 Å². The van der Waals surface area contributed by atoms with Crippen LogP contribution < -0.4 is 10.1 Å². The lowest BCUT2D eigenvalue weighted by atomic mass is 10.1. The maximum absolute atomic E-state index is 13.9. The zero-order chi connectivity index (χ0) is 18.4. The maximum atomic E-state index is 13.9. The largest absolute Gasteiger partial charge is 0.492 e. The van der Waals surface area contributed by atoms with Crippen molar-refractivity contribution < 1.29 is 13.9 Å². The van der Waals surface area contributed by atoms with Crippen LogP contribution in [0.5, 0.6) is 5.75 Å². The van der Waals surface area contributed by atoms with Crippen LogP contribution in [-0.2, 0) is 6.54 Å². The average molecular weight is 341 g/mol. The molecule has 0 unspecified atom stereocenters. The molecule has 2 rings (SSSR count). The number of anilines is 1. The highest BCUT2D eigenvalue weighted by atomic mass is 19.1. The summed E-state index contributed by atoms with van der Waals surface area (Å²) in [6.45, 7) is 2.49. The van der Waals surface area contributed by atoms with Crippen LogP contribution in [0, 0.1) is 17.1 Å². The standard InChI is InChI=1S/C19H20FN3O2/c1-4-25-18-8-6-14(19(24)23(2)3)10-17(18)22-12-15-9-13(11-21)5-7-16(15)20/h5-10,22H,4,12H2,1-3H3. The summed E-state index contributed by atoms with van der Waals surface area (Å²) in [4.78, 5) is 13.6. The fourth-order valence-corrected chi connectivity index (χ4v) is 2.31. The molecule has 0 heterocycles. The molecule has 1 amide bonds. The van der Waals surface area contributed by atoms with E-state index in [1.54, 1.807) is 32.3 Å². The number of carbonyl (C=O) groups excluding carboxylic acids is 1. The smallest absolute Gasteiger partial charge is 0.253 e. The molecule has 0 saturated carbocycles. The highest BCUT2D eigenvalue weighted by molar-refractivity contribution is 5.95. The molecule has 0 aliphatic rings. The van der Waals surface area contributed by atoms with Gasteiger partial charge in [0.15, 0.2) is 0 Å². The number of amides is 1. The molecule has 6 heteroatoms. The Labute approximate surface area is 146 Å². The van der Waals surface area contributed by atoms with Crippen molar-refractivity contribution in [3.05, 3.63) is 58.9 Å². The second kappa shape index (κ2) is 8.15. The van der Waals surface area contributed by atoms with Crippen LogP contribution >= 0.6 is 0 Å². The van der Waals surface area contributed by atoms with E-state index in [0.717, 1.165) is 0 Å². The van der Waals surface area contributed by atoms with Gasteiger partial charge in [-0.1, -0.05) is 0 Å². The van der Waals surface area contributed by atoms with E-state index in [4.69, 9.17) is 10.00 Å². The Bertz CT molecular complexity index is 813. The molecule has 0 bridgehead atoms. The van der Waals surface area contributed by atoms with Crippen molar-refractivity contribution in [1.29, 1.82) is 5.26 Å². The summed E-state index contributed by atoms with van der Waals surface area (Å²) in [5.74, 6) is 0.0448. The van der Waals surface area contributed by atoms with E-state index in [9.17, 15) is 9.18 Å². The Balaban J connectivity index is 2.29. The van der Waals surface area contributed by atoms with Crippen molar-refractivity contribution in [2.75, 3.05) is 26.0 Å². The fraction of sp³-hybridized carbons (Fsp3) is 0.263. The second-order valence-corrected chi connectivity index (χ2v) is 5.62. The summed E-state index contributed by atoms with van der Waals surface area (Å²) in [5.41, 5.74) is 1.85. The van der Waals surface area contributed by atoms with E-state index in [1.807, 2.05) is 13.0 Å². The summed E-state index contributed by atoms with van der Waals surface area (Å²) in [5, 5.41) is 12.0. The average Bonchev–Trinajstić information content (AvgIpc) is 2.61. The predicted molar refractivity (Wildman–Crippen MR) is 94.1 cm³/mol. The topological polar surface area (TPSA) is 65.4 Å². The van der Waals surface area contributed by atoms with Gasteiger partial charge in [0.2, 0.25) is 0 Å². The van der Waals surface area contributed by atoms with E-state index >= 15 is 0 Å². The lowest BCUT2D eigenvalue weighted by molar-refractivity contribution is 0.0827. The molecule has 0 fully saturated rings. The highest BCUT2D eigenvalue weighted by Crippen LogP contribution is 2.27. The Morgan fingerprint density at radius 3 is 2.68 bits per heavy atom. The van der Waals surface area contributed by atoms with Gasteiger partial charge in [0.25, 0.3) is 5.91 Å². The van der Waals surface area contributed by atoms with Gasteiger partial charge in [-0.25, -0.2) is 4.39 Å². The van der Waals surface area contributed by atoms with Crippen LogP contribution in [0.3, 0.4) is 0 Å². The lowest BCUT2D eigenvalue weighted by Gasteiger charge is -2.16. The van der Waals surface area contributed by atoms with Crippen LogP contribution in [0.25, 0.3) is 0 Å². The Kier molecular flexibility index (Phi) is 5.96. The molecule has 0 radical (unpaired) electrons. The first-order valence-corrected chi connectivity index (χ1v) is 7.87. The molecule has 1 N–H and O–H groups in total. The van der Waals surface area contributed by atoms with Gasteiger partial charge in [0.05, 0.1) is 23.9 Å². The number of ether oxygens (including phenoxy) is 1. The molecule has 0 atom stereocenters. The Hall–Kier alpha value is -3.07. The van der Waals surface area contributed by atoms with Gasteiger partial charge in [-0.3, -0.25) is 4.79 Å². The van der Waals surface area contributed by atoms with Gasteiger partial charge < -0.3 is 15.0 Å². The molecule has 25 heavy (non-hydrogen) atoms. The van der Waals surface area contributed by atoms with Crippen LogP contribution in [0.1, 0.15) is 28.4 Å². The molecule has 0 saturated heterocycles. The molecule has 0 spiro atoms. The number of hydrogen-bond acceptors (Lipinski definition) is 4. The third-order valence-electron chi connectivity index (χ3n) is 3.58. The van der Waals surface area contributed by atoms with Gasteiger partial charge in [-0.05, 0) is 43.3 Å². The van der Waals surface area contributed by atoms with Gasteiger partial charge >= 0.3 is 0 Å². The summed E-state index contributed by atoms with van der Waals surface area (Å²) < 4.78 is 19.5. The van der Waals surface area contributed by atoms with Crippen molar-refractivity contribution in [2.45, 2.75) is 13.5 Å². The first kappa shape index (κ1) is 18.3. The van der Waals surface area contributed by atoms with Crippen molar-refractivity contribution in [3.63, 3.8) is 0 Å². The van der Waals surface area contributed by atoms with Crippen molar-refractivity contribution >= 4 is 11.6 Å². The van der Waals surface area contributed by atoms with Crippen LogP contribution in [0.4, 0.5) is 10.1 Å². The van der Waals surface area contributed by atoms with E-state index < -0.39 is 5.82 Å². The fourth-order valence-electron chi connectivity index (χ4n) is 2.31. The zero-order valence-corrected chi connectivity index (χ0v) is 14.5. The minimum atomic E-state index is -0.398. The first-order chi connectivity index (χ1) is 12.0. The summed E-state index contributed by atoms with van der Waals surface area (Å²) >= 11 is 0. The molecule has 2 aromatic carbocycles. The van der Waals surface area contributed by atoms with Crippen molar-refractivity contribution in [1.82, 2.24) is 4.90 Å². The SMILES string of the molecule is CCOc1ccc(C(=O)N(C)C)cc1NCc1cc(C#N)ccc1F. The summed E-state index contributed by atoms with van der Waals surface area (Å²) in [6, 6.07) is 11.3. The monoisotopic (exact) mass is 341 g/mol. The number of nitrogens with zero attached hydrogens (tertiary/aromatic N) is 2. The molecular weight excluding hydrogens is 321 g/mol. The zero-order valence-electron chi connectivity index (χ0n) is 14.5. The van der Waals surface area contributed by atoms with E-state index in [0.29, 0.717) is 34.7 Å². The minimum absolute atomic E-state index is 0.135. The molecule has 2 aromatic rings. The number of rotatable bonds is 6. The van der Waals surface area contributed by atoms with Crippen molar-refractivity contribution in [3.8, 4) is 11.8 Å². The van der Waals surface area contributed by atoms with E-state index in [2.05, 4.69) is 5.32 Å². The molecule has 5 nitrogen and oxygen atoms in total. The molecule has 130 valence electrons. The van der Waals surface area contributed by atoms with Gasteiger partial charge in [-0.2, -0.15) is 5.26 Å². The highest BCUT2D eigenvalue weighted by Gasteiger charge is 2.13. The molecule has 0 aromatic heterocycles. The number of nitrogens with one attached hydrogen (secondary N) is 1. The summed E-state index contributed by atoms with van der Waals surface area (Å²) in [7, 11) is 3.35. The van der Waals surface area contributed by atoms with Crippen LogP contribution in [0.15, 0.2) is 36.4 Å². The van der Waals surface area contributed by atoms with E-state index in [1.165, 1.54) is 23.1 Å². The Morgan fingerprint density at radius 1 is 1.28 bits per heavy atom. The molecule has 0 aliphatic carbocycles. The molecule has 0 aliphatic heterocycles. The van der Waals surface area contributed by atoms with E-state index in [-0.39, 0.29) is 12.5 Å². The third kappa shape index (κ3) is 4.48. The van der Waals surface area contributed by atoms with Gasteiger partial charge in [-0.15, -0.1) is 0 Å². The molecular formula is C19H20FN3O2. The predicted octanol–water partition coefficient (Wildman–Crippen LogP) is 3.41. The maximum Gasteiger partial charge on any atom is 0.253 e. The quantitative estimate of drug-likeness (QED) is 0.874. The van der Waals surface area contributed by atoms with Crippen molar-refractivity contribution in [2.24, 2.45) is 0 Å². The summed E-state index contributed by atoms with van der Waals surface area (Å²) in [6.07, 6.45) is 0. The Morgan fingerprint density at radius 2 is 2.04 bits per heavy atom. The number of halogens is 1. The first-order valence-electron chi connectivity index (χ1n) is 7.87. The second-order valence-electron chi connectivity index (χ2n) is 5.62. The van der Waals surface area contributed by atoms with Gasteiger partial charge in [0, 0.05) is 31.8 Å². The third-order valence-corrected chi connectivity index (χ3v) is 3.58. The number of benzene rings is 2. The van der Waals surface area contributed by atoms with Crippen LogP contribution in [0.2, 0.25) is 0 Å². The van der Waals surface area contributed by atoms with Gasteiger partial charge in [0.1, 0.15) is 11.6 Å². The number of carbonyl (C=O) groups is 1. The number of hydrogen-bond donors (Lipinski definition) is 1. The normalized spacial score (nSPS) is 10.0.